The summed E-state index contributed by atoms with van der Waals surface area (Å²) >= 11 is 0. The summed E-state index contributed by atoms with van der Waals surface area (Å²) in [5.41, 5.74) is 2.29. The zero-order valence-electron chi connectivity index (χ0n) is 14.9. The van der Waals surface area contributed by atoms with Gasteiger partial charge in [0.05, 0.1) is 37.1 Å². The molecule has 0 spiro atoms. The molecule has 1 atom stereocenters. The maximum absolute atomic E-state index is 12.4. The Labute approximate surface area is 148 Å². The Morgan fingerprint density at radius 1 is 1.32 bits per heavy atom. The van der Waals surface area contributed by atoms with E-state index in [4.69, 9.17) is 4.74 Å². The summed E-state index contributed by atoms with van der Waals surface area (Å²) in [5, 5.41) is 3.55. The largest absolute Gasteiger partial charge is 0.381 e. The molecule has 0 aromatic carbocycles. The van der Waals surface area contributed by atoms with Crippen LogP contribution in [0.2, 0.25) is 0 Å². The molecule has 136 valence electrons. The highest BCUT2D eigenvalue weighted by Crippen LogP contribution is 2.37. The SMILES string of the molecule is CCCOCCC(=O)N1CCN2c3ncc(N4CCC4)cc3NC2C1. The van der Waals surface area contributed by atoms with Gasteiger partial charge in [-0.25, -0.2) is 4.98 Å². The molecule has 1 unspecified atom stereocenters. The minimum atomic E-state index is 0.128. The summed E-state index contributed by atoms with van der Waals surface area (Å²) in [4.78, 5) is 23.7. The summed E-state index contributed by atoms with van der Waals surface area (Å²) < 4.78 is 5.45. The number of pyridine rings is 1. The minimum absolute atomic E-state index is 0.128. The zero-order valence-corrected chi connectivity index (χ0v) is 14.9. The van der Waals surface area contributed by atoms with Gasteiger partial charge < -0.3 is 24.8 Å². The van der Waals surface area contributed by atoms with E-state index in [9.17, 15) is 4.79 Å². The summed E-state index contributed by atoms with van der Waals surface area (Å²) in [6.07, 6.45) is 4.83. The van der Waals surface area contributed by atoms with E-state index in [0.717, 1.165) is 50.7 Å². The molecule has 4 rings (SSSR count). The lowest BCUT2D eigenvalue weighted by molar-refractivity contribution is -0.133. The van der Waals surface area contributed by atoms with Crippen molar-refractivity contribution >= 4 is 23.1 Å². The van der Waals surface area contributed by atoms with Gasteiger partial charge in [-0.3, -0.25) is 4.79 Å². The number of hydrogen-bond acceptors (Lipinski definition) is 6. The van der Waals surface area contributed by atoms with Crippen LogP contribution in [-0.2, 0) is 9.53 Å². The van der Waals surface area contributed by atoms with Crippen molar-refractivity contribution in [2.75, 3.05) is 61.1 Å². The number of hydrogen-bond donors (Lipinski definition) is 1. The van der Waals surface area contributed by atoms with E-state index < -0.39 is 0 Å². The molecule has 1 aromatic rings. The Morgan fingerprint density at radius 3 is 2.96 bits per heavy atom. The van der Waals surface area contributed by atoms with Crippen LogP contribution in [0.3, 0.4) is 0 Å². The van der Waals surface area contributed by atoms with E-state index in [0.29, 0.717) is 19.6 Å². The number of carbonyl (C=O) groups excluding carboxylic acids is 1. The summed E-state index contributed by atoms with van der Waals surface area (Å²) in [6.45, 7) is 7.83. The molecule has 4 heterocycles. The van der Waals surface area contributed by atoms with Crippen LogP contribution in [0.15, 0.2) is 12.3 Å². The molecule has 0 saturated carbocycles. The molecule has 2 saturated heterocycles. The predicted molar refractivity (Wildman–Crippen MR) is 98.1 cm³/mol. The highest BCUT2D eigenvalue weighted by molar-refractivity contribution is 5.79. The molecule has 3 aliphatic rings. The van der Waals surface area contributed by atoms with Crippen LogP contribution in [0.1, 0.15) is 26.2 Å². The van der Waals surface area contributed by atoms with Crippen LogP contribution in [0.25, 0.3) is 0 Å². The van der Waals surface area contributed by atoms with Gasteiger partial charge in [-0.05, 0) is 18.9 Å². The molecule has 0 bridgehead atoms. The fourth-order valence-corrected chi connectivity index (χ4v) is 3.66. The van der Waals surface area contributed by atoms with Gasteiger partial charge in [0.15, 0.2) is 5.82 Å². The lowest BCUT2D eigenvalue weighted by atomic mass is 10.2. The normalized spacial score (nSPS) is 21.5. The monoisotopic (exact) mass is 345 g/mol. The van der Waals surface area contributed by atoms with Gasteiger partial charge in [-0.1, -0.05) is 6.92 Å². The number of amides is 1. The molecular formula is C18H27N5O2. The number of nitrogens with one attached hydrogen (secondary N) is 1. The smallest absolute Gasteiger partial charge is 0.225 e. The van der Waals surface area contributed by atoms with Gasteiger partial charge in [0.25, 0.3) is 0 Å². The average molecular weight is 345 g/mol. The molecule has 7 heteroatoms. The highest BCUT2D eigenvalue weighted by atomic mass is 16.5. The van der Waals surface area contributed by atoms with Crippen molar-refractivity contribution in [2.24, 2.45) is 0 Å². The Morgan fingerprint density at radius 2 is 2.20 bits per heavy atom. The summed E-state index contributed by atoms with van der Waals surface area (Å²) in [6, 6.07) is 2.20. The van der Waals surface area contributed by atoms with Crippen LogP contribution < -0.4 is 15.1 Å². The van der Waals surface area contributed by atoms with Crippen LogP contribution in [0, 0.1) is 0 Å². The Balaban J connectivity index is 1.36. The van der Waals surface area contributed by atoms with Crippen molar-refractivity contribution in [3.8, 4) is 0 Å². The molecule has 1 amide bonds. The molecule has 2 fully saturated rings. The van der Waals surface area contributed by atoms with Crippen LogP contribution >= 0.6 is 0 Å². The molecule has 3 aliphatic heterocycles. The van der Waals surface area contributed by atoms with Gasteiger partial charge in [0, 0.05) is 32.8 Å². The third kappa shape index (κ3) is 3.25. The van der Waals surface area contributed by atoms with Crippen LogP contribution in [0.5, 0.6) is 0 Å². The zero-order chi connectivity index (χ0) is 17.2. The predicted octanol–water partition coefficient (Wildman–Crippen LogP) is 1.51. The topological polar surface area (TPSA) is 60.9 Å². The third-order valence-electron chi connectivity index (χ3n) is 5.21. The first-order chi connectivity index (χ1) is 12.3. The Hall–Kier alpha value is -2.02. The average Bonchev–Trinajstić information content (AvgIpc) is 2.93. The summed E-state index contributed by atoms with van der Waals surface area (Å²) in [7, 11) is 0. The Bertz CT molecular complexity index is 634. The minimum Gasteiger partial charge on any atom is -0.381 e. The lowest BCUT2D eigenvalue weighted by Gasteiger charge is -2.38. The quantitative estimate of drug-likeness (QED) is 0.789. The van der Waals surface area contributed by atoms with Crippen LogP contribution in [-0.4, -0.2) is 67.9 Å². The number of anilines is 3. The van der Waals surface area contributed by atoms with Gasteiger partial charge >= 0.3 is 0 Å². The second-order valence-corrected chi connectivity index (χ2v) is 6.96. The third-order valence-corrected chi connectivity index (χ3v) is 5.21. The van der Waals surface area contributed by atoms with Crippen molar-refractivity contribution in [3.05, 3.63) is 12.3 Å². The number of ether oxygens (including phenoxy) is 1. The lowest BCUT2D eigenvalue weighted by Crippen LogP contribution is -2.55. The van der Waals surface area contributed by atoms with Gasteiger partial charge in [0.2, 0.25) is 5.91 Å². The summed E-state index contributed by atoms with van der Waals surface area (Å²) in [5.74, 6) is 1.20. The fourth-order valence-electron chi connectivity index (χ4n) is 3.66. The molecule has 1 aromatic heterocycles. The first kappa shape index (κ1) is 16.4. The first-order valence-electron chi connectivity index (χ1n) is 9.40. The molecule has 1 N–H and O–H groups in total. The van der Waals surface area contributed by atoms with E-state index in [1.807, 2.05) is 11.1 Å². The number of rotatable bonds is 6. The highest BCUT2D eigenvalue weighted by Gasteiger charge is 2.36. The van der Waals surface area contributed by atoms with Crippen molar-refractivity contribution < 1.29 is 9.53 Å². The number of nitrogens with zero attached hydrogens (tertiary/aromatic N) is 4. The van der Waals surface area contributed by atoms with Crippen molar-refractivity contribution in [2.45, 2.75) is 32.4 Å². The first-order valence-corrected chi connectivity index (χ1v) is 9.40. The van der Waals surface area contributed by atoms with E-state index in [-0.39, 0.29) is 12.1 Å². The van der Waals surface area contributed by atoms with Gasteiger partial charge in [0.1, 0.15) is 6.17 Å². The van der Waals surface area contributed by atoms with E-state index in [2.05, 4.69) is 33.1 Å². The number of carbonyl (C=O) groups is 1. The molecule has 7 nitrogen and oxygen atoms in total. The molecular weight excluding hydrogens is 318 g/mol. The maximum Gasteiger partial charge on any atom is 0.225 e. The standard InChI is InChI=1S/C18H27N5O2/c1-2-9-25-10-4-17(24)22-7-8-23-16(13-22)20-15-11-14(12-19-18(15)23)21-5-3-6-21/h11-12,16,20H,2-10,13H2,1H3. The van der Waals surface area contributed by atoms with Crippen molar-refractivity contribution in [1.29, 1.82) is 0 Å². The Kier molecular flexibility index (Phi) is 4.65. The number of piperazine rings is 1. The van der Waals surface area contributed by atoms with E-state index in [1.165, 1.54) is 12.1 Å². The fraction of sp³-hybridized carbons (Fsp3) is 0.667. The second kappa shape index (κ2) is 7.07. The van der Waals surface area contributed by atoms with Crippen molar-refractivity contribution in [3.63, 3.8) is 0 Å². The van der Waals surface area contributed by atoms with Crippen molar-refractivity contribution in [1.82, 2.24) is 9.88 Å². The molecule has 0 aliphatic carbocycles. The number of fused-ring (bicyclic) bond motifs is 3. The van der Waals surface area contributed by atoms with Crippen LogP contribution in [0.4, 0.5) is 17.2 Å². The molecule has 0 radical (unpaired) electrons. The van der Waals surface area contributed by atoms with E-state index in [1.54, 1.807) is 0 Å². The second-order valence-electron chi connectivity index (χ2n) is 6.96. The van der Waals surface area contributed by atoms with Gasteiger partial charge in [-0.2, -0.15) is 0 Å². The number of aromatic nitrogens is 1. The maximum atomic E-state index is 12.4. The van der Waals surface area contributed by atoms with Gasteiger partial charge in [-0.15, -0.1) is 0 Å². The molecule has 25 heavy (non-hydrogen) atoms. The van der Waals surface area contributed by atoms with E-state index >= 15 is 0 Å².